The van der Waals surface area contributed by atoms with E-state index in [9.17, 15) is 9.59 Å². The van der Waals surface area contributed by atoms with Crippen LogP contribution in [0.5, 0.6) is 0 Å². The first kappa shape index (κ1) is 12.9. The van der Waals surface area contributed by atoms with Crippen LogP contribution < -0.4 is 16.8 Å². The van der Waals surface area contributed by atoms with E-state index < -0.39 is 11.9 Å². The Kier molecular flexibility index (Phi) is 4.52. The Morgan fingerprint density at radius 3 is 2.29 bits per heavy atom. The quantitative estimate of drug-likeness (QED) is 0.535. The van der Waals surface area contributed by atoms with Crippen molar-refractivity contribution in [1.82, 2.24) is 10.2 Å². The van der Waals surface area contributed by atoms with E-state index in [0.717, 1.165) is 0 Å². The number of primary amides is 1. The Hall–Kier alpha value is -1.14. The summed E-state index contributed by atoms with van der Waals surface area (Å²) in [6, 6.07) is -0.839. The van der Waals surface area contributed by atoms with Crippen LogP contribution in [-0.2, 0) is 4.79 Å². The van der Waals surface area contributed by atoms with Gasteiger partial charge in [-0.2, -0.15) is 0 Å². The molecule has 0 spiro atoms. The number of hydrogen-bond donors (Lipinski definition) is 3. The van der Waals surface area contributed by atoms with E-state index in [-0.39, 0.29) is 12.1 Å². The largest absolute Gasteiger partial charge is 0.351 e. The molecule has 0 aliphatic rings. The minimum absolute atomic E-state index is 0.0904. The lowest BCUT2D eigenvalue weighted by molar-refractivity contribution is -0.121. The zero-order valence-electron chi connectivity index (χ0n) is 8.83. The normalized spacial score (nSPS) is 11.5. The van der Waals surface area contributed by atoms with Gasteiger partial charge in [0.05, 0.1) is 6.54 Å². The molecule has 0 fully saturated rings. The van der Waals surface area contributed by atoms with Crippen molar-refractivity contribution in [1.29, 1.82) is 0 Å². The Balaban J connectivity index is 4.12. The van der Waals surface area contributed by atoms with Gasteiger partial charge in [0.2, 0.25) is 5.91 Å². The van der Waals surface area contributed by atoms with Crippen LogP contribution in [0.3, 0.4) is 0 Å². The summed E-state index contributed by atoms with van der Waals surface area (Å²) in [4.78, 5) is 23.2. The molecule has 5 N–H and O–H groups in total. The number of carbonyl (C=O) groups is 2. The Morgan fingerprint density at radius 1 is 1.43 bits per heavy atom. The Bertz CT molecular complexity index is 227. The highest BCUT2D eigenvalue weighted by Crippen LogP contribution is 2.08. The van der Waals surface area contributed by atoms with E-state index in [1.54, 1.807) is 11.9 Å². The Morgan fingerprint density at radius 2 is 1.93 bits per heavy atom. The topological polar surface area (TPSA) is 101 Å². The molecule has 14 heavy (non-hydrogen) atoms. The molecule has 0 aliphatic carbocycles. The molecular weight excluding hydrogens is 184 g/mol. The van der Waals surface area contributed by atoms with Gasteiger partial charge in [0, 0.05) is 12.1 Å². The van der Waals surface area contributed by atoms with E-state index >= 15 is 0 Å². The number of imide groups is 1. The summed E-state index contributed by atoms with van der Waals surface area (Å²) in [6.45, 7) is 4.33. The van der Waals surface area contributed by atoms with Crippen molar-refractivity contribution < 1.29 is 9.59 Å². The highest BCUT2D eigenvalue weighted by atomic mass is 16.2. The maximum Gasteiger partial charge on any atom is 0.318 e. The van der Waals surface area contributed by atoms with Crippen molar-refractivity contribution in [3.63, 3.8) is 0 Å². The van der Waals surface area contributed by atoms with Crippen LogP contribution in [0.4, 0.5) is 4.79 Å². The second kappa shape index (κ2) is 4.92. The predicted octanol–water partition coefficient (Wildman–Crippen LogP) is -1.15. The minimum atomic E-state index is -0.839. The van der Waals surface area contributed by atoms with Gasteiger partial charge in [-0.05, 0) is 20.9 Å². The van der Waals surface area contributed by atoms with Crippen LogP contribution in [0, 0.1) is 0 Å². The number of nitrogens with one attached hydrogen (secondary N) is 1. The van der Waals surface area contributed by atoms with Crippen molar-refractivity contribution >= 4 is 11.9 Å². The van der Waals surface area contributed by atoms with Crippen molar-refractivity contribution in [2.24, 2.45) is 11.5 Å². The van der Waals surface area contributed by atoms with Gasteiger partial charge in [0.25, 0.3) is 0 Å². The molecule has 0 aromatic rings. The molecular formula is C8H18N4O2. The van der Waals surface area contributed by atoms with Crippen LogP contribution in [0.15, 0.2) is 0 Å². The maximum absolute atomic E-state index is 11.1. The number of nitrogens with zero attached hydrogens (tertiary/aromatic N) is 1. The second-order valence-electron chi connectivity index (χ2n) is 3.79. The third-order valence-corrected chi connectivity index (χ3v) is 2.18. The van der Waals surface area contributed by atoms with Gasteiger partial charge < -0.3 is 11.5 Å². The highest BCUT2D eigenvalue weighted by Gasteiger charge is 2.23. The van der Waals surface area contributed by atoms with E-state index in [0.29, 0.717) is 6.54 Å². The molecule has 0 heterocycles. The fourth-order valence-electron chi connectivity index (χ4n) is 0.762. The van der Waals surface area contributed by atoms with Crippen molar-refractivity contribution in [3.8, 4) is 0 Å². The lowest BCUT2D eigenvalue weighted by Crippen LogP contribution is -2.51. The van der Waals surface area contributed by atoms with Crippen LogP contribution in [-0.4, -0.2) is 42.5 Å². The summed E-state index contributed by atoms with van der Waals surface area (Å²) in [7, 11) is 1.76. The summed E-state index contributed by atoms with van der Waals surface area (Å²) in [6.07, 6.45) is 0. The standard InChI is InChI=1S/C8H18N4O2/c1-8(2,5-9)12(3)4-6(13)11-7(10)14/h4-5,9H2,1-3H3,(H3,10,11,13,14). The average molecular weight is 202 g/mol. The lowest BCUT2D eigenvalue weighted by atomic mass is 10.0. The number of likely N-dealkylation sites (N-methyl/N-ethyl adjacent to an activating group) is 1. The van der Waals surface area contributed by atoms with E-state index in [4.69, 9.17) is 11.5 Å². The van der Waals surface area contributed by atoms with E-state index in [2.05, 4.69) is 0 Å². The number of urea groups is 1. The Labute approximate surface area is 83.6 Å². The molecule has 0 saturated heterocycles. The van der Waals surface area contributed by atoms with Gasteiger partial charge in [-0.1, -0.05) is 0 Å². The summed E-state index contributed by atoms with van der Waals surface area (Å²) in [5.74, 6) is -0.429. The van der Waals surface area contributed by atoms with Gasteiger partial charge >= 0.3 is 6.03 Å². The summed E-state index contributed by atoms with van der Waals surface area (Å²) in [5, 5.41) is 1.99. The number of nitrogens with two attached hydrogens (primary N) is 2. The molecule has 0 radical (unpaired) electrons. The molecule has 3 amide bonds. The third-order valence-electron chi connectivity index (χ3n) is 2.18. The molecule has 0 aromatic heterocycles. The second-order valence-corrected chi connectivity index (χ2v) is 3.79. The molecule has 82 valence electrons. The number of hydrogen-bond acceptors (Lipinski definition) is 4. The molecule has 0 aliphatic heterocycles. The maximum atomic E-state index is 11.1. The molecule has 0 unspecified atom stereocenters. The zero-order valence-corrected chi connectivity index (χ0v) is 8.83. The summed E-state index contributed by atoms with van der Waals surface area (Å²) in [5.41, 5.74) is 10.0. The average Bonchev–Trinajstić information content (AvgIpc) is 2.02. The van der Waals surface area contributed by atoms with Crippen molar-refractivity contribution in [2.45, 2.75) is 19.4 Å². The zero-order chi connectivity index (χ0) is 11.4. The molecule has 6 heteroatoms. The van der Waals surface area contributed by atoms with Crippen LogP contribution in [0.25, 0.3) is 0 Å². The van der Waals surface area contributed by atoms with Crippen LogP contribution in [0.2, 0.25) is 0 Å². The van der Waals surface area contributed by atoms with Crippen molar-refractivity contribution in [2.75, 3.05) is 20.1 Å². The lowest BCUT2D eigenvalue weighted by Gasteiger charge is -2.33. The van der Waals surface area contributed by atoms with E-state index in [1.807, 2.05) is 19.2 Å². The fraction of sp³-hybridized carbons (Fsp3) is 0.750. The summed E-state index contributed by atoms with van der Waals surface area (Å²) >= 11 is 0. The third kappa shape index (κ3) is 4.20. The smallest absolute Gasteiger partial charge is 0.318 e. The molecule has 0 rings (SSSR count). The number of amides is 3. The van der Waals surface area contributed by atoms with Crippen molar-refractivity contribution in [3.05, 3.63) is 0 Å². The molecule has 0 saturated carbocycles. The first-order valence-corrected chi connectivity index (χ1v) is 4.30. The first-order chi connectivity index (χ1) is 6.29. The van der Waals surface area contributed by atoms with Crippen LogP contribution >= 0.6 is 0 Å². The van der Waals surface area contributed by atoms with E-state index in [1.165, 1.54) is 0 Å². The van der Waals surface area contributed by atoms with Gasteiger partial charge in [-0.15, -0.1) is 0 Å². The number of carbonyl (C=O) groups excluding carboxylic acids is 2. The monoisotopic (exact) mass is 202 g/mol. The predicted molar refractivity (Wildman–Crippen MR) is 53.5 cm³/mol. The molecule has 0 bridgehead atoms. The molecule has 0 aromatic carbocycles. The van der Waals surface area contributed by atoms with Crippen LogP contribution in [0.1, 0.15) is 13.8 Å². The molecule has 0 atom stereocenters. The SMILES string of the molecule is CN(CC(=O)NC(N)=O)C(C)(C)CN. The minimum Gasteiger partial charge on any atom is -0.351 e. The van der Waals surface area contributed by atoms with Gasteiger partial charge in [-0.25, -0.2) is 4.79 Å². The first-order valence-electron chi connectivity index (χ1n) is 4.30. The highest BCUT2D eigenvalue weighted by molar-refractivity contribution is 5.94. The molecule has 6 nitrogen and oxygen atoms in total. The van der Waals surface area contributed by atoms with Gasteiger partial charge in [0.15, 0.2) is 0 Å². The number of rotatable bonds is 4. The fourth-order valence-corrected chi connectivity index (χ4v) is 0.762. The summed E-state index contributed by atoms with van der Waals surface area (Å²) < 4.78 is 0. The van der Waals surface area contributed by atoms with Gasteiger partial charge in [-0.3, -0.25) is 15.0 Å². The van der Waals surface area contributed by atoms with Gasteiger partial charge in [0.1, 0.15) is 0 Å².